The van der Waals surface area contributed by atoms with E-state index in [-0.39, 0.29) is 12.7 Å². The lowest BCUT2D eigenvalue weighted by atomic mass is 10.1. The molecule has 6 nitrogen and oxygen atoms in total. The van der Waals surface area contributed by atoms with E-state index in [4.69, 9.17) is 9.47 Å². The molecule has 0 spiro atoms. The van der Waals surface area contributed by atoms with Gasteiger partial charge in [-0.2, -0.15) is 5.10 Å². The van der Waals surface area contributed by atoms with Crippen molar-refractivity contribution in [1.29, 1.82) is 0 Å². The van der Waals surface area contributed by atoms with Crippen molar-refractivity contribution in [2.24, 2.45) is 0 Å². The highest BCUT2D eigenvalue weighted by Gasteiger charge is 2.13. The molecule has 0 bridgehead atoms. The summed E-state index contributed by atoms with van der Waals surface area (Å²) in [6.07, 6.45) is 0. The second kappa shape index (κ2) is 7.15. The van der Waals surface area contributed by atoms with E-state index in [2.05, 4.69) is 16.5 Å². The summed E-state index contributed by atoms with van der Waals surface area (Å²) in [5.41, 5.74) is 4.83. The molecule has 4 rings (SSSR count). The van der Waals surface area contributed by atoms with Crippen molar-refractivity contribution in [2.45, 2.75) is 26.9 Å². The number of benzene rings is 2. The van der Waals surface area contributed by atoms with E-state index in [1.807, 2.05) is 61.0 Å². The molecule has 1 amide bonds. The van der Waals surface area contributed by atoms with E-state index in [1.165, 1.54) is 0 Å². The van der Waals surface area contributed by atoms with Crippen LogP contribution in [0.25, 0.3) is 0 Å². The average Bonchev–Trinajstić information content (AvgIpc) is 3.25. The summed E-state index contributed by atoms with van der Waals surface area (Å²) in [5, 5.41) is 7.40. The zero-order chi connectivity index (χ0) is 18.8. The Kier molecular flexibility index (Phi) is 4.54. The molecule has 0 saturated heterocycles. The molecule has 1 aliphatic heterocycles. The van der Waals surface area contributed by atoms with Gasteiger partial charge < -0.3 is 14.8 Å². The molecule has 0 aliphatic carbocycles. The van der Waals surface area contributed by atoms with E-state index in [0.717, 1.165) is 34.0 Å². The van der Waals surface area contributed by atoms with Crippen LogP contribution in [0.15, 0.2) is 48.5 Å². The molecule has 27 heavy (non-hydrogen) atoms. The lowest BCUT2D eigenvalue weighted by Crippen LogP contribution is -2.22. The number of ether oxygens (including phenoxy) is 2. The Bertz CT molecular complexity index is 977. The summed E-state index contributed by atoms with van der Waals surface area (Å²) < 4.78 is 12.6. The normalized spacial score (nSPS) is 12.2. The number of amides is 1. The number of hydrogen-bond acceptors (Lipinski definition) is 4. The van der Waals surface area contributed by atoms with E-state index in [1.54, 1.807) is 0 Å². The molecule has 2 heterocycles. The predicted molar refractivity (Wildman–Crippen MR) is 101 cm³/mol. The summed E-state index contributed by atoms with van der Waals surface area (Å²) in [6, 6.07) is 15.3. The molecule has 138 valence electrons. The lowest BCUT2D eigenvalue weighted by Gasteiger charge is -2.08. The molecule has 0 radical (unpaired) electrons. The highest BCUT2D eigenvalue weighted by atomic mass is 16.7. The maximum Gasteiger partial charge on any atom is 0.251 e. The summed E-state index contributed by atoms with van der Waals surface area (Å²) >= 11 is 0. The number of rotatable bonds is 5. The van der Waals surface area contributed by atoms with Gasteiger partial charge in [-0.1, -0.05) is 18.2 Å². The minimum absolute atomic E-state index is 0.106. The van der Waals surface area contributed by atoms with Crippen LogP contribution in [0.5, 0.6) is 11.5 Å². The van der Waals surface area contributed by atoms with Crippen molar-refractivity contribution in [3.63, 3.8) is 0 Å². The molecule has 0 saturated carbocycles. The molecule has 0 fully saturated rings. The van der Waals surface area contributed by atoms with Gasteiger partial charge in [-0.3, -0.25) is 9.48 Å². The van der Waals surface area contributed by atoms with Gasteiger partial charge in [-0.15, -0.1) is 0 Å². The zero-order valence-electron chi connectivity index (χ0n) is 15.4. The Morgan fingerprint density at radius 2 is 1.78 bits per heavy atom. The van der Waals surface area contributed by atoms with Crippen LogP contribution in [0.3, 0.4) is 0 Å². The number of nitrogens with one attached hydrogen (secondary N) is 1. The third-order valence-corrected chi connectivity index (χ3v) is 4.54. The SMILES string of the molecule is Cc1cc(C)n(Cc2ccc(C(=O)NCc3ccc4c(c3)OCO4)cc2)n1. The fourth-order valence-electron chi connectivity index (χ4n) is 3.10. The largest absolute Gasteiger partial charge is 0.454 e. The number of carbonyl (C=O) groups is 1. The van der Waals surface area contributed by atoms with Gasteiger partial charge in [0.15, 0.2) is 11.5 Å². The second-order valence-electron chi connectivity index (χ2n) is 6.65. The monoisotopic (exact) mass is 363 g/mol. The van der Waals surface area contributed by atoms with Crippen molar-refractivity contribution in [3.05, 3.63) is 76.6 Å². The molecule has 0 atom stereocenters. The number of aromatic nitrogens is 2. The van der Waals surface area contributed by atoms with Crippen LogP contribution in [0.4, 0.5) is 0 Å². The first-order chi connectivity index (χ1) is 13.1. The van der Waals surface area contributed by atoms with Gasteiger partial charge in [0, 0.05) is 17.8 Å². The van der Waals surface area contributed by atoms with Crippen molar-refractivity contribution >= 4 is 5.91 Å². The minimum atomic E-state index is -0.106. The number of carbonyl (C=O) groups excluding carboxylic acids is 1. The Morgan fingerprint density at radius 1 is 1.04 bits per heavy atom. The number of aryl methyl sites for hydroxylation is 2. The Labute approximate surface area is 157 Å². The number of nitrogens with zero attached hydrogens (tertiary/aromatic N) is 2. The third-order valence-electron chi connectivity index (χ3n) is 4.54. The Balaban J connectivity index is 1.37. The quantitative estimate of drug-likeness (QED) is 0.756. The molecule has 2 aromatic carbocycles. The maximum absolute atomic E-state index is 12.4. The highest BCUT2D eigenvalue weighted by molar-refractivity contribution is 5.94. The van der Waals surface area contributed by atoms with Crippen molar-refractivity contribution in [2.75, 3.05) is 6.79 Å². The van der Waals surface area contributed by atoms with Crippen molar-refractivity contribution < 1.29 is 14.3 Å². The fraction of sp³-hybridized carbons (Fsp3) is 0.238. The van der Waals surface area contributed by atoms with Crippen LogP contribution in [-0.4, -0.2) is 22.5 Å². The average molecular weight is 363 g/mol. The summed E-state index contributed by atoms with van der Waals surface area (Å²) in [4.78, 5) is 12.4. The first-order valence-electron chi connectivity index (χ1n) is 8.85. The maximum atomic E-state index is 12.4. The first-order valence-corrected chi connectivity index (χ1v) is 8.85. The standard InChI is InChI=1S/C21H21N3O3/c1-14-9-15(2)24(23-14)12-16-3-6-18(7-4-16)21(25)22-11-17-5-8-19-20(10-17)27-13-26-19/h3-10H,11-13H2,1-2H3,(H,22,25). The van der Waals surface area contributed by atoms with Gasteiger partial charge >= 0.3 is 0 Å². The van der Waals surface area contributed by atoms with Gasteiger partial charge in [0.25, 0.3) is 5.91 Å². The van der Waals surface area contributed by atoms with Crippen molar-refractivity contribution in [1.82, 2.24) is 15.1 Å². The Hall–Kier alpha value is -3.28. The molecule has 1 aliphatic rings. The van der Waals surface area contributed by atoms with Crippen LogP contribution in [0.2, 0.25) is 0 Å². The zero-order valence-corrected chi connectivity index (χ0v) is 15.4. The minimum Gasteiger partial charge on any atom is -0.454 e. The molecule has 0 unspecified atom stereocenters. The van der Waals surface area contributed by atoms with Crippen LogP contribution >= 0.6 is 0 Å². The van der Waals surface area contributed by atoms with Crippen LogP contribution < -0.4 is 14.8 Å². The molecular weight excluding hydrogens is 342 g/mol. The highest BCUT2D eigenvalue weighted by Crippen LogP contribution is 2.32. The molecular formula is C21H21N3O3. The van der Waals surface area contributed by atoms with Gasteiger partial charge in [0.2, 0.25) is 6.79 Å². The fourth-order valence-corrected chi connectivity index (χ4v) is 3.10. The van der Waals surface area contributed by atoms with Crippen LogP contribution in [0.1, 0.15) is 32.9 Å². The van der Waals surface area contributed by atoms with Crippen LogP contribution in [-0.2, 0) is 13.1 Å². The predicted octanol–water partition coefficient (Wildman–Crippen LogP) is 3.21. The molecule has 3 aromatic rings. The van der Waals surface area contributed by atoms with E-state index in [9.17, 15) is 4.79 Å². The van der Waals surface area contributed by atoms with Gasteiger partial charge in [0.1, 0.15) is 0 Å². The van der Waals surface area contributed by atoms with Gasteiger partial charge in [-0.05, 0) is 55.3 Å². The van der Waals surface area contributed by atoms with E-state index in [0.29, 0.717) is 18.7 Å². The number of hydrogen-bond donors (Lipinski definition) is 1. The molecule has 1 N–H and O–H groups in total. The summed E-state index contributed by atoms with van der Waals surface area (Å²) in [5.74, 6) is 1.35. The molecule has 1 aromatic heterocycles. The summed E-state index contributed by atoms with van der Waals surface area (Å²) in [7, 11) is 0. The number of fused-ring (bicyclic) bond motifs is 1. The molecule has 6 heteroatoms. The van der Waals surface area contributed by atoms with Crippen molar-refractivity contribution in [3.8, 4) is 11.5 Å². The van der Waals surface area contributed by atoms with Gasteiger partial charge in [-0.25, -0.2) is 0 Å². The first kappa shape index (κ1) is 17.1. The van der Waals surface area contributed by atoms with Crippen LogP contribution in [0, 0.1) is 13.8 Å². The van der Waals surface area contributed by atoms with E-state index < -0.39 is 0 Å². The van der Waals surface area contributed by atoms with Gasteiger partial charge in [0.05, 0.1) is 12.2 Å². The van der Waals surface area contributed by atoms with E-state index >= 15 is 0 Å². The Morgan fingerprint density at radius 3 is 2.52 bits per heavy atom. The third kappa shape index (κ3) is 3.79. The smallest absolute Gasteiger partial charge is 0.251 e. The summed E-state index contributed by atoms with van der Waals surface area (Å²) in [6.45, 7) is 5.39. The second-order valence-corrected chi connectivity index (χ2v) is 6.65. The topological polar surface area (TPSA) is 65.4 Å². The lowest BCUT2D eigenvalue weighted by molar-refractivity contribution is 0.0951.